The van der Waals surface area contributed by atoms with Crippen LogP contribution in [0.3, 0.4) is 0 Å². The van der Waals surface area contributed by atoms with Crippen molar-refractivity contribution in [1.82, 2.24) is 19.9 Å². The zero-order valence-corrected chi connectivity index (χ0v) is 11.6. The van der Waals surface area contributed by atoms with Crippen molar-refractivity contribution in [2.24, 2.45) is 0 Å². The molecule has 106 valence electrons. The van der Waals surface area contributed by atoms with E-state index in [1.807, 2.05) is 6.07 Å². The van der Waals surface area contributed by atoms with E-state index in [1.54, 1.807) is 7.11 Å². The fraction of sp³-hybridized carbons (Fsp3) is 0.462. The molecule has 7 nitrogen and oxygen atoms in total. The topological polar surface area (TPSA) is 74.6 Å². The number of hydrogen-bond acceptors (Lipinski definition) is 7. The van der Waals surface area contributed by atoms with Gasteiger partial charge in [-0.1, -0.05) is 0 Å². The van der Waals surface area contributed by atoms with Gasteiger partial charge in [-0.2, -0.15) is 4.98 Å². The predicted octanol–water partition coefficient (Wildman–Crippen LogP) is 0.491. The van der Waals surface area contributed by atoms with Gasteiger partial charge in [0.05, 0.1) is 12.5 Å². The molecular formula is C13H17N5O2. The molecule has 0 saturated carbocycles. The lowest BCUT2D eigenvalue weighted by atomic mass is 10.2. The lowest BCUT2D eigenvalue weighted by Crippen LogP contribution is -2.44. The van der Waals surface area contributed by atoms with Crippen molar-refractivity contribution < 1.29 is 9.84 Å². The van der Waals surface area contributed by atoms with E-state index >= 15 is 0 Å². The van der Waals surface area contributed by atoms with Crippen molar-refractivity contribution in [2.75, 3.05) is 45.2 Å². The minimum atomic E-state index is -0.0499. The van der Waals surface area contributed by atoms with Gasteiger partial charge in [0.25, 0.3) is 0 Å². The van der Waals surface area contributed by atoms with E-state index in [4.69, 9.17) is 4.74 Å². The molecule has 7 heteroatoms. The van der Waals surface area contributed by atoms with Gasteiger partial charge < -0.3 is 19.6 Å². The Bertz CT molecular complexity index is 625. The van der Waals surface area contributed by atoms with Gasteiger partial charge in [-0.05, 0) is 13.1 Å². The second-order valence-corrected chi connectivity index (χ2v) is 4.87. The predicted molar refractivity (Wildman–Crippen MR) is 75.3 cm³/mol. The highest BCUT2D eigenvalue weighted by molar-refractivity contribution is 5.89. The van der Waals surface area contributed by atoms with Crippen molar-refractivity contribution in [2.45, 2.75) is 0 Å². The highest BCUT2D eigenvalue weighted by Gasteiger charge is 2.19. The van der Waals surface area contributed by atoms with Crippen molar-refractivity contribution in [1.29, 1.82) is 0 Å². The number of ether oxygens (including phenoxy) is 1. The molecule has 0 unspecified atom stereocenters. The van der Waals surface area contributed by atoms with E-state index in [-0.39, 0.29) is 5.88 Å². The lowest BCUT2D eigenvalue weighted by molar-refractivity contribution is 0.311. The van der Waals surface area contributed by atoms with Crippen LogP contribution in [0.5, 0.6) is 11.8 Å². The summed E-state index contributed by atoms with van der Waals surface area (Å²) >= 11 is 0. The normalized spacial score (nSPS) is 16.6. The molecule has 0 radical (unpaired) electrons. The van der Waals surface area contributed by atoms with Gasteiger partial charge in [0.1, 0.15) is 17.7 Å². The summed E-state index contributed by atoms with van der Waals surface area (Å²) in [6, 6.07) is 1.82. The molecule has 0 amide bonds. The van der Waals surface area contributed by atoms with Crippen LogP contribution in [0.25, 0.3) is 10.9 Å². The summed E-state index contributed by atoms with van der Waals surface area (Å²) in [5.41, 5.74) is 0.526. The Morgan fingerprint density at radius 1 is 1.20 bits per heavy atom. The molecule has 1 N–H and O–H groups in total. The van der Waals surface area contributed by atoms with Crippen molar-refractivity contribution >= 4 is 16.7 Å². The van der Waals surface area contributed by atoms with E-state index in [0.717, 1.165) is 32.0 Å². The van der Waals surface area contributed by atoms with Gasteiger partial charge in [0.15, 0.2) is 0 Å². The third-order valence-corrected chi connectivity index (χ3v) is 3.58. The lowest BCUT2D eigenvalue weighted by Gasteiger charge is -2.33. The second-order valence-electron chi connectivity index (χ2n) is 4.87. The van der Waals surface area contributed by atoms with E-state index in [9.17, 15) is 5.11 Å². The van der Waals surface area contributed by atoms with Crippen LogP contribution in [0.4, 0.5) is 5.82 Å². The average Bonchev–Trinajstić information content (AvgIpc) is 2.47. The maximum absolute atomic E-state index is 9.89. The third-order valence-electron chi connectivity index (χ3n) is 3.58. The largest absolute Gasteiger partial charge is 0.493 e. The molecule has 1 saturated heterocycles. The number of aromatic hydroxyl groups is 1. The summed E-state index contributed by atoms with van der Waals surface area (Å²) in [6.07, 6.45) is 1.30. The van der Waals surface area contributed by atoms with Gasteiger partial charge in [0.2, 0.25) is 11.8 Å². The summed E-state index contributed by atoms with van der Waals surface area (Å²) < 4.78 is 5.29. The number of likely N-dealkylation sites (N-methyl/N-ethyl adjacent to an activating group) is 1. The quantitative estimate of drug-likeness (QED) is 0.855. The molecular weight excluding hydrogens is 258 g/mol. The van der Waals surface area contributed by atoms with Crippen LogP contribution in [0.1, 0.15) is 0 Å². The third kappa shape index (κ3) is 2.20. The number of pyridine rings is 1. The zero-order valence-electron chi connectivity index (χ0n) is 11.6. The molecule has 1 aliphatic heterocycles. The number of nitrogens with zero attached hydrogens (tertiary/aromatic N) is 5. The maximum atomic E-state index is 9.89. The fourth-order valence-electron chi connectivity index (χ4n) is 2.35. The summed E-state index contributed by atoms with van der Waals surface area (Å²) in [4.78, 5) is 16.9. The Balaban J connectivity index is 2.06. The van der Waals surface area contributed by atoms with Crippen LogP contribution in [0, 0.1) is 0 Å². The number of aromatic nitrogens is 3. The number of anilines is 1. The van der Waals surface area contributed by atoms with Gasteiger partial charge in [-0.25, -0.2) is 9.97 Å². The van der Waals surface area contributed by atoms with Gasteiger partial charge >= 0.3 is 0 Å². The number of rotatable bonds is 2. The maximum Gasteiger partial charge on any atom is 0.242 e. The van der Waals surface area contributed by atoms with Gasteiger partial charge in [-0.3, -0.25) is 0 Å². The monoisotopic (exact) mass is 275 g/mol. The number of piperazine rings is 1. The van der Waals surface area contributed by atoms with Crippen molar-refractivity contribution in [3.05, 3.63) is 12.4 Å². The number of fused-ring (bicyclic) bond motifs is 1. The molecule has 3 heterocycles. The Hall–Kier alpha value is -2.15. The number of hydrogen-bond donors (Lipinski definition) is 1. The average molecular weight is 275 g/mol. The summed E-state index contributed by atoms with van der Waals surface area (Å²) in [5, 5.41) is 10.5. The fourth-order valence-corrected chi connectivity index (χ4v) is 2.35. The van der Waals surface area contributed by atoms with E-state index in [2.05, 4.69) is 31.8 Å². The standard InChI is InChI=1S/C13H17N5O2/c1-17-3-5-18(6-4-17)10-7-9-11(13(16-10)20-2)14-8-15-12(9)19/h7-8H,3-6H2,1-2H3,(H,14,15,19). The number of methoxy groups -OCH3 is 1. The Labute approximate surface area is 116 Å². The molecule has 0 atom stereocenters. The smallest absolute Gasteiger partial charge is 0.242 e. The molecule has 1 aliphatic rings. The summed E-state index contributed by atoms with van der Waals surface area (Å²) in [7, 11) is 3.65. The van der Waals surface area contributed by atoms with E-state index < -0.39 is 0 Å². The molecule has 3 rings (SSSR count). The van der Waals surface area contributed by atoms with Crippen LogP contribution in [-0.2, 0) is 0 Å². The zero-order chi connectivity index (χ0) is 14.1. The first-order valence-electron chi connectivity index (χ1n) is 6.51. The molecule has 1 fully saturated rings. The van der Waals surface area contributed by atoms with Crippen molar-refractivity contribution in [3.8, 4) is 11.8 Å². The van der Waals surface area contributed by atoms with E-state index in [1.165, 1.54) is 6.33 Å². The highest BCUT2D eigenvalue weighted by atomic mass is 16.5. The van der Waals surface area contributed by atoms with Crippen LogP contribution in [-0.4, -0.2) is 65.3 Å². The molecule has 0 bridgehead atoms. The molecule has 2 aromatic rings. The van der Waals surface area contributed by atoms with Crippen molar-refractivity contribution in [3.63, 3.8) is 0 Å². The minimum Gasteiger partial charge on any atom is -0.493 e. The molecule has 0 spiro atoms. The first-order valence-corrected chi connectivity index (χ1v) is 6.51. The van der Waals surface area contributed by atoms with E-state index in [0.29, 0.717) is 16.8 Å². The SMILES string of the molecule is COc1nc(N2CCN(C)CC2)cc2c(O)ncnc12. The Morgan fingerprint density at radius 3 is 2.65 bits per heavy atom. The van der Waals surface area contributed by atoms with Crippen LogP contribution in [0.2, 0.25) is 0 Å². The minimum absolute atomic E-state index is 0.0499. The molecule has 20 heavy (non-hydrogen) atoms. The summed E-state index contributed by atoms with van der Waals surface area (Å²) in [5.74, 6) is 1.15. The van der Waals surface area contributed by atoms with Crippen LogP contribution < -0.4 is 9.64 Å². The van der Waals surface area contributed by atoms with Crippen LogP contribution in [0.15, 0.2) is 12.4 Å². The molecule has 0 aliphatic carbocycles. The molecule has 0 aromatic carbocycles. The summed E-state index contributed by atoms with van der Waals surface area (Å²) in [6.45, 7) is 3.76. The molecule has 2 aromatic heterocycles. The van der Waals surface area contributed by atoms with Gasteiger partial charge in [-0.15, -0.1) is 0 Å². The van der Waals surface area contributed by atoms with Crippen LogP contribution >= 0.6 is 0 Å². The second kappa shape index (κ2) is 5.09. The van der Waals surface area contributed by atoms with Gasteiger partial charge in [0, 0.05) is 26.2 Å². The Morgan fingerprint density at radius 2 is 1.95 bits per heavy atom. The Kier molecular flexibility index (Phi) is 3.27. The first-order chi connectivity index (χ1) is 9.69. The first kappa shape index (κ1) is 12.9. The highest BCUT2D eigenvalue weighted by Crippen LogP contribution is 2.30.